The molecule has 0 aliphatic carbocycles. The van der Waals surface area contributed by atoms with E-state index >= 15 is 0 Å². The van der Waals surface area contributed by atoms with Crippen LogP contribution in [0.15, 0.2) is 24.3 Å². The van der Waals surface area contributed by atoms with Crippen LogP contribution in [0.1, 0.15) is 6.35 Å². The summed E-state index contributed by atoms with van der Waals surface area (Å²) in [6.07, 6.45) is -0.846. The van der Waals surface area contributed by atoms with E-state index in [0.717, 1.165) is 11.0 Å². The Morgan fingerprint density at radius 3 is 1.85 bits per heavy atom. The zero-order chi connectivity index (χ0) is 21.3. The van der Waals surface area contributed by atoms with Gasteiger partial charge in [-0.2, -0.15) is 14.0 Å². The number of aliphatic hydroxyl groups is 1. The average molecular weight is 442 g/mol. The SMILES string of the molecule is CN(C)[PH+](N(C)C)N(C)C(O)n1nnc2ccccc21.F[P-](F)(F)(F)(F)F. The third-order valence-corrected chi connectivity index (χ3v) is 5.52. The summed E-state index contributed by atoms with van der Waals surface area (Å²) in [6, 6.07) is 7.62. The summed E-state index contributed by atoms with van der Waals surface area (Å²) in [5.74, 6) is 0. The zero-order valence-corrected chi connectivity index (χ0v) is 17.1. The van der Waals surface area contributed by atoms with Crippen molar-refractivity contribution in [2.24, 2.45) is 0 Å². The van der Waals surface area contributed by atoms with Crippen molar-refractivity contribution in [3.8, 4) is 0 Å². The molecule has 1 N–H and O–H groups in total. The molecule has 0 aliphatic heterocycles. The molecule has 1 aromatic carbocycles. The standard InChI is InChI=1S/C12H21N6OP.F6P/c1-15(2)20(16(3)4)17(5)12(19)18-11-9-7-6-8-10(11)13-14-18;1-7(2,3,4,5)6/h6-9,12,19H,1-5H3;/q;-1/p+1. The third kappa shape index (κ3) is 8.63. The van der Waals surface area contributed by atoms with Gasteiger partial charge >= 0.3 is 33.0 Å². The second-order valence-corrected chi connectivity index (χ2v) is 11.0. The summed E-state index contributed by atoms with van der Waals surface area (Å²) >= 11 is 0. The number of benzene rings is 1. The first kappa shape index (κ1) is 23.9. The number of nitrogens with zero attached hydrogens (tertiary/aromatic N) is 6. The van der Waals surface area contributed by atoms with E-state index in [0.29, 0.717) is 0 Å². The number of aromatic nitrogens is 3. The van der Waals surface area contributed by atoms with Gasteiger partial charge in [-0.05, 0) is 12.1 Å². The Hall–Kier alpha value is -1.10. The topological polar surface area (TPSA) is 60.7 Å². The number of aliphatic hydroxyl groups excluding tert-OH is 1. The van der Waals surface area contributed by atoms with Gasteiger partial charge in [0.1, 0.15) is 5.52 Å². The molecule has 0 bridgehead atoms. The van der Waals surface area contributed by atoms with E-state index in [2.05, 4.69) is 19.7 Å². The molecule has 0 spiro atoms. The van der Waals surface area contributed by atoms with E-state index < -0.39 is 22.5 Å². The summed E-state index contributed by atoms with van der Waals surface area (Å²) in [7, 11) is -1.90. The summed E-state index contributed by atoms with van der Waals surface area (Å²) in [5, 5.41) is 18.8. The molecule has 0 amide bonds. The van der Waals surface area contributed by atoms with E-state index in [1.165, 1.54) is 0 Å². The molecular formula is C12H22F6N6OP2. The Morgan fingerprint density at radius 2 is 1.41 bits per heavy atom. The molecule has 0 saturated carbocycles. The molecule has 1 aromatic heterocycles. The van der Waals surface area contributed by atoms with Gasteiger partial charge in [-0.25, -0.2) is 0 Å². The van der Waals surface area contributed by atoms with Gasteiger partial charge in [0, 0.05) is 35.2 Å². The van der Waals surface area contributed by atoms with Crippen LogP contribution >= 0.6 is 16.2 Å². The second-order valence-electron chi connectivity index (χ2n) is 6.03. The van der Waals surface area contributed by atoms with Crippen molar-refractivity contribution < 1.29 is 30.3 Å². The van der Waals surface area contributed by atoms with Crippen LogP contribution in [0.25, 0.3) is 11.0 Å². The van der Waals surface area contributed by atoms with Crippen molar-refractivity contribution in [1.29, 1.82) is 0 Å². The monoisotopic (exact) mass is 442 g/mol. The van der Waals surface area contributed by atoms with Crippen molar-refractivity contribution >= 4 is 27.2 Å². The maximum atomic E-state index is 10.6. The Labute approximate surface area is 153 Å². The van der Waals surface area contributed by atoms with Crippen LogP contribution in [0.5, 0.6) is 0 Å². The molecule has 27 heavy (non-hydrogen) atoms. The molecule has 7 nitrogen and oxygen atoms in total. The van der Waals surface area contributed by atoms with Crippen LogP contribution in [0.4, 0.5) is 25.2 Å². The normalized spacial score (nSPS) is 16.4. The first-order chi connectivity index (χ1) is 11.9. The van der Waals surface area contributed by atoms with Crippen molar-refractivity contribution in [2.45, 2.75) is 6.35 Å². The van der Waals surface area contributed by atoms with Gasteiger partial charge in [0.15, 0.2) is 0 Å². The molecule has 0 saturated heterocycles. The fourth-order valence-electron chi connectivity index (χ4n) is 2.36. The summed E-state index contributed by atoms with van der Waals surface area (Å²) < 4.78 is 66.9. The number of hydrogen-bond donors (Lipinski definition) is 1. The molecule has 2 aromatic rings. The molecule has 1 heterocycles. The fraction of sp³-hybridized carbons (Fsp3) is 0.500. The second kappa shape index (κ2) is 7.38. The van der Waals surface area contributed by atoms with Crippen LogP contribution < -0.4 is 0 Å². The van der Waals surface area contributed by atoms with Crippen molar-refractivity contribution in [1.82, 2.24) is 29.0 Å². The van der Waals surface area contributed by atoms with Gasteiger partial charge in [-0.3, -0.25) is 0 Å². The summed E-state index contributed by atoms with van der Waals surface area (Å²) in [4.78, 5) is 0. The van der Waals surface area contributed by atoms with Crippen molar-refractivity contribution in [2.75, 3.05) is 35.2 Å². The average Bonchev–Trinajstić information content (AvgIpc) is 2.86. The number of rotatable bonds is 5. The molecule has 158 valence electrons. The maximum absolute atomic E-state index is 10.7. The molecular weight excluding hydrogens is 420 g/mol. The van der Waals surface area contributed by atoms with Crippen LogP contribution in [0.3, 0.4) is 0 Å². The van der Waals surface area contributed by atoms with E-state index in [1.54, 1.807) is 4.68 Å². The van der Waals surface area contributed by atoms with Gasteiger partial charge < -0.3 is 5.11 Å². The first-order valence-corrected chi connectivity index (χ1v) is 10.7. The van der Waals surface area contributed by atoms with E-state index in [1.807, 2.05) is 64.2 Å². The number of halogens is 6. The molecule has 0 aliphatic rings. The summed E-state index contributed by atoms with van der Waals surface area (Å²) in [5.41, 5.74) is 1.61. The predicted octanol–water partition coefficient (Wildman–Crippen LogP) is 4.28. The Balaban J connectivity index is 0.000000445. The molecule has 15 heteroatoms. The summed E-state index contributed by atoms with van der Waals surface area (Å²) in [6.45, 7) is 0. The van der Waals surface area contributed by atoms with E-state index in [9.17, 15) is 30.3 Å². The Bertz CT molecular complexity index is 749. The molecule has 1 atom stereocenters. The van der Waals surface area contributed by atoms with E-state index in [4.69, 9.17) is 0 Å². The van der Waals surface area contributed by atoms with Gasteiger partial charge in [-0.15, -0.1) is 9.77 Å². The molecule has 0 radical (unpaired) electrons. The van der Waals surface area contributed by atoms with Crippen LogP contribution in [0, 0.1) is 0 Å². The van der Waals surface area contributed by atoms with Gasteiger partial charge in [0.05, 0.1) is 5.52 Å². The van der Waals surface area contributed by atoms with Gasteiger partial charge in [0.2, 0.25) is 14.7 Å². The Morgan fingerprint density at radius 1 is 0.963 bits per heavy atom. The first-order valence-electron chi connectivity index (χ1n) is 7.37. The number of para-hydroxylation sites is 1. The van der Waals surface area contributed by atoms with Crippen LogP contribution in [-0.4, -0.2) is 69.4 Å². The number of fused-ring (bicyclic) bond motifs is 1. The van der Waals surface area contributed by atoms with Crippen LogP contribution in [0.2, 0.25) is 0 Å². The molecule has 0 fully saturated rings. The minimum absolute atomic E-state index is 0.781. The minimum atomic E-state index is -10.7. The van der Waals surface area contributed by atoms with Crippen LogP contribution in [-0.2, 0) is 0 Å². The Kier molecular flexibility index (Phi) is 6.54. The molecule has 1 unspecified atom stereocenters. The van der Waals surface area contributed by atoms with E-state index in [-0.39, 0.29) is 0 Å². The van der Waals surface area contributed by atoms with Gasteiger partial charge in [-0.1, -0.05) is 17.3 Å². The molecule has 2 rings (SSSR count). The number of hydrogen-bond acceptors (Lipinski definition) is 6. The van der Waals surface area contributed by atoms with Crippen molar-refractivity contribution in [3.05, 3.63) is 24.3 Å². The fourth-order valence-corrected chi connectivity index (χ4v) is 4.73. The zero-order valence-electron chi connectivity index (χ0n) is 15.2. The predicted molar refractivity (Wildman–Crippen MR) is 95.8 cm³/mol. The van der Waals surface area contributed by atoms with Crippen molar-refractivity contribution in [3.63, 3.8) is 0 Å². The quantitative estimate of drug-likeness (QED) is 0.424. The van der Waals surface area contributed by atoms with Gasteiger partial charge in [0.25, 0.3) is 0 Å². The third-order valence-electron chi connectivity index (χ3n) is 3.06.